The van der Waals surface area contributed by atoms with Crippen molar-refractivity contribution in [1.29, 1.82) is 0 Å². The largest absolute Gasteiger partial charge is 0.505 e. The fourth-order valence-electron chi connectivity index (χ4n) is 1.04. The van der Waals surface area contributed by atoms with E-state index in [1.165, 1.54) is 11.3 Å². The van der Waals surface area contributed by atoms with Gasteiger partial charge in [0.25, 0.3) is 0 Å². The minimum absolute atomic E-state index is 0.163. The van der Waals surface area contributed by atoms with Crippen molar-refractivity contribution in [2.45, 2.75) is 0 Å². The summed E-state index contributed by atoms with van der Waals surface area (Å²) < 4.78 is 1.57. The third-order valence-electron chi connectivity index (χ3n) is 1.61. The van der Waals surface area contributed by atoms with Crippen molar-refractivity contribution < 1.29 is 5.11 Å². The Labute approximate surface area is 86.7 Å². The van der Waals surface area contributed by atoms with E-state index in [4.69, 9.17) is 11.6 Å². The van der Waals surface area contributed by atoms with Gasteiger partial charge in [-0.1, -0.05) is 11.6 Å². The first kappa shape index (κ1) is 8.35. The number of thiophene rings is 1. The maximum absolute atomic E-state index is 9.58. The van der Waals surface area contributed by atoms with Crippen molar-refractivity contribution in [3.8, 4) is 5.75 Å². The van der Waals surface area contributed by atoms with Crippen LogP contribution in [0.25, 0.3) is 10.1 Å². The lowest BCUT2D eigenvalue weighted by molar-refractivity contribution is 0.482. The number of hydrogen-bond donors (Lipinski definition) is 1. The van der Waals surface area contributed by atoms with Crippen molar-refractivity contribution in [2.24, 2.45) is 0 Å². The third kappa shape index (κ3) is 1.13. The predicted molar refractivity (Wildman–Crippen MR) is 56.2 cm³/mol. The van der Waals surface area contributed by atoms with Crippen LogP contribution in [-0.4, -0.2) is 5.11 Å². The number of hydrogen-bond acceptors (Lipinski definition) is 2. The zero-order valence-corrected chi connectivity index (χ0v) is 9.00. The second-order valence-electron chi connectivity index (χ2n) is 2.36. The van der Waals surface area contributed by atoms with Crippen molar-refractivity contribution >= 4 is 49.0 Å². The summed E-state index contributed by atoms with van der Waals surface area (Å²) in [7, 11) is 0. The van der Waals surface area contributed by atoms with Gasteiger partial charge >= 0.3 is 0 Å². The molecule has 0 aliphatic heterocycles. The maximum atomic E-state index is 9.58. The van der Waals surface area contributed by atoms with Crippen molar-refractivity contribution in [1.82, 2.24) is 0 Å². The lowest BCUT2D eigenvalue weighted by Gasteiger charge is -2.00. The number of fused-ring (bicyclic) bond motifs is 1. The van der Waals surface area contributed by atoms with E-state index in [1.807, 2.05) is 17.5 Å². The Morgan fingerprint density at radius 3 is 3.00 bits per heavy atom. The summed E-state index contributed by atoms with van der Waals surface area (Å²) in [6.07, 6.45) is 0. The van der Waals surface area contributed by atoms with E-state index in [0.717, 1.165) is 14.6 Å². The SMILES string of the molecule is Oc1c(Cl)c(Br)cc2ccsc12. The Morgan fingerprint density at radius 2 is 2.25 bits per heavy atom. The standard InChI is InChI=1S/C8H4BrClOS/c9-5-3-4-1-2-12-8(4)7(11)6(5)10/h1-3,11H. The molecular formula is C8H4BrClOS. The van der Waals surface area contributed by atoms with E-state index in [2.05, 4.69) is 15.9 Å². The fraction of sp³-hybridized carbons (Fsp3) is 0. The molecule has 4 heteroatoms. The van der Waals surface area contributed by atoms with E-state index < -0.39 is 0 Å². The second kappa shape index (κ2) is 2.91. The molecule has 2 aromatic rings. The number of rotatable bonds is 0. The quantitative estimate of drug-likeness (QED) is 0.761. The summed E-state index contributed by atoms with van der Waals surface area (Å²) in [4.78, 5) is 0. The molecule has 0 amide bonds. The maximum Gasteiger partial charge on any atom is 0.153 e. The topological polar surface area (TPSA) is 20.2 Å². The van der Waals surface area contributed by atoms with Crippen LogP contribution in [0.1, 0.15) is 0 Å². The van der Waals surface area contributed by atoms with E-state index in [1.54, 1.807) is 0 Å². The normalized spacial score (nSPS) is 10.8. The Balaban J connectivity index is 2.94. The van der Waals surface area contributed by atoms with E-state index in [-0.39, 0.29) is 5.75 Å². The first-order chi connectivity index (χ1) is 5.70. The Hall–Kier alpha value is -0.250. The van der Waals surface area contributed by atoms with Crippen molar-refractivity contribution in [3.05, 3.63) is 27.0 Å². The molecule has 0 atom stereocenters. The molecule has 0 bridgehead atoms. The summed E-state index contributed by atoms with van der Waals surface area (Å²) in [5, 5.41) is 12.9. The van der Waals surface area contributed by atoms with Gasteiger partial charge in [-0.3, -0.25) is 0 Å². The van der Waals surface area contributed by atoms with Gasteiger partial charge in [0.05, 0.1) is 9.72 Å². The van der Waals surface area contributed by atoms with Gasteiger partial charge in [0.15, 0.2) is 5.75 Å². The number of phenolic OH excluding ortho intramolecular Hbond substituents is 1. The molecule has 0 saturated heterocycles. The summed E-state index contributed by atoms with van der Waals surface area (Å²) in [5.74, 6) is 0.163. The number of phenols is 1. The first-order valence-electron chi connectivity index (χ1n) is 3.24. The first-order valence-corrected chi connectivity index (χ1v) is 5.29. The molecule has 0 unspecified atom stereocenters. The number of aromatic hydroxyl groups is 1. The average molecular weight is 264 g/mol. The minimum atomic E-state index is 0.163. The molecule has 2 rings (SSSR count). The van der Waals surface area contributed by atoms with Gasteiger partial charge in [-0.2, -0.15) is 0 Å². The molecule has 1 N–H and O–H groups in total. The van der Waals surface area contributed by atoms with E-state index >= 15 is 0 Å². The Morgan fingerprint density at radius 1 is 1.50 bits per heavy atom. The van der Waals surface area contributed by atoms with E-state index in [9.17, 15) is 5.11 Å². The Bertz CT molecular complexity index is 438. The molecule has 1 nitrogen and oxygen atoms in total. The van der Waals surface area contributed by atoms with Crippen molar-refractivity contribution in [3.63, 3.8) is 0 Å². The van der Waals surface area contributed by atoms with E-state index in [0.29, 0.717) is 5.02 Å². The number of benzene rings is 1. The van der Waals surface area contributed by atoms with Gasteiger partial charge in [0.1, 0.15) is 0 Å². The summed E-state index contributed by atoms with van der Waals surface area (Å²) in [5.41, 5.74) is 0. The molecule has 0 spiro atoms. The molecule has 0 radical (unpaired) electrons. The lowest BCUT2D eigenvalue weighted by atomic mass is 10.2. The monoisotopic (exact) mass is 262 g/mol. The summed E-state index contributed by atoms with van der Waals surface area (Å²) in [6, 6.07) is 3.84. The summed E-state index contributed by atoms with van der Waals surface area (Å²) >= 11 is 10.6. The predicted octanol–water partition coefficient (Wildman–Crippen LogP) is 4.02. The third-order valence-corrected chi connectivity index (χ3v) is 3.78. The van der Waals surface area contributed by atoms with Gasteiger partial charge in [0, 0.05) is 4.47 Å². The van der Waals surface area contributed by atoms with Crippen LogP contribution in [0, 0.1) is 0 Å². The second-order valence-corrected chi connectivity index (χ2v) is 4.51. The molecule has 12 heavy (non-hydrogen) atoms. The van der Waals surface area contributed by atoms with Crippen LogP contribution >= 0.6 is 38.9 Å². The fourth-order valence-corrected chi connectivity index (χ4v) is 2.50. The lowest BCUT2D eigenvalue weighted by Crippen LogP contribution is -1.71. The number of halogens is 2. The molecule has 0 aliphatic rings. The molecule has 1 aromatic carbocycles. The van der Waals surface area contributed by atoms with Gasteiger partial charge in [0.2, 0.25) is 0 Å². The van der Waals surface area contributed by atoms with Gasteiger partial charge < -0.3 is 5.11 Å². The van der Waals surface area contributed by atoms with Crippen LogP contribution in [0.3, 0.4) is 0 Å². The molecule has 1 aromatic heterocycles. The van der Waals surface area contributed by atoms with Crippen LogP contribution in [0.4, 0.5) is 0 Å². The molecule has 0 saturated carbocycles. The molecule has 1 heterocycles. The smallest absolute Gasteiger partial charge is 0.153 e. The highest BCUT2D eigenvalue weighted by atomic mass is 79.9. The van der Waals surface area contributed by atoms with Crippen LogP contribution in [0.2, 0.25) is 5.02 Å². The van der Waals surface area contributed by atoms with Gasteiger partial charge in [-0.05, 0) is 38.8 Å². The highest BCUT2D eigenvalue weighted by Crippen LogP contribution is 2.40. The zero-order valence-electron chi connectivity index (χ0n) is 5.84. The van der Waals surface area contributed by atoms with Crippen LogP contribution in [-0.2, 0) is 0 Å². The highest BCUT2D eigenvalue weighted by molar-refractivity contribution is 9.10. The zero-order chi connectivity index (χ0) is 8.72. The van der Waals surface area contributed by atoms with Crippen LogP contribution in [0.5, 0.6) is 5.75 Å². The van der Waals surface area contributed by atoms with Gasteiger partial charge in [-0.25, -0.2) is 0 Å². The molecule has 62 valence electrons. The van der Waals surface area contributed by atoms with Crippen LogP contribution < -0.4 is 0 Å². The molecular weight excluding hydrogens is 260 g/mol. The average Bonchev–Trinajstić information content (AvgIpc) is 2.48. The summed E-state index contributed by atoms with van der Waals surface area (Å²) in [6.45, 7) is 0. The minimum Gasteiger partial charge on any atom is -0.505 e. The van der Waals surface area contributed by atoms with Crippen molar-refractivity contribution in [2.75, 3.05) is 0 Å². The highest BCUT2D eigenvalue weighted by Gasteiger charge is 2.09. The molecule has 0 fully saturated rings. The van der Waals surface area contributed by atoms with Crippen LogP contribution in [0.15, 0.2) is 22.0 Å². The molecule has 0 aliphatic carbocycles. The Kier molecular flexibility index (Phi) is 2.02. The van der Waals surface area contributed by atoms with Gasteiger partial charge in [-0.15, -0.1) is 11.3 Å².